The lowest BCUT2D eigenvalue weighted by Crippen LogP contribution is -2.11. The molecule has 1 heterocycles. The van der Waals surface area contributed by atoms with E-state index in [-0.39, 0.29) is 17.3 Å². The molecule has 102 valence electrons. The van der Waals surface area contributed by atoms with Gasteiger partial charge in [-0.15, -0.1) is 0 Å². The molecule has 1 aromatic carbocycles. The van der Waals surface area contributed by atoms with Crippen LogP contribution in [0.4, 0.5) is 11.4 Å². The minimum atomic E-state index is -0.562. The fraction of sp³-hybridized carbons (Fsp3) is 0.417. The maximum absolute atomic E-state index is 11.1. The number of nitro groups is 1. The van der Waals surface area contributed by atoms with Crippen LogP contribution < -0.4 is 14.8 Å². The molecule has 0 saturated heterocycles. The monoisotopic (exact) mass is 266 g/mol. The Morgan fingerprint density at radius 2 is 1.84 bits per heavy atom. The van der Waals surface area contributed by atoms with Gasteiger partial charge in [0.1, 0.15) is 5.69 Å². The first kappa shape index (κ1) is 13.1. The van der Waals surface area contributed by atoms with Crippen LogP contribution in [0.1, 0.15) is 19.8 Å². The van der Waals surface area contributed by atoms with Gasteiger partial charge >= 0.3 is 0 Å². The molecule has 0 fully saturated rings. The maximum atomic E-state index is 11.1. The zero-order chi connectivity index (χ0) is 13.8. The van der Waals surface area contributed by atoms with Crippen molar-refractivity contribution in [1.29, 1.82) is 0 Å². The lowest BCUT2D eigenvalue weighted by atomic mass is 10.2. The van der Waals surface area contributed by atoms with Crippen molar-refractivity contribution in [1.82, 2.24) is 0 Å². The summed E-state index contributed by atoms with van der Waals surface area (Å²) >= 11 is 0. The van der Waals surface area contributed by atoms with Crippen molar-refractivity contribution < 1.29 is 19.2 Å². The van der Waals surface area contributed by atoms with Gasteiger partial charge in [-0.05, 0) is 12.8 Å². The average molecular weight is 266 g/mol. The number of nitrogens with zero attached hydrogens (tertiary/aromatic N) is 1. The minimum absolute atomic E-state index is 0.112. The van der Waals surface area contributed by atoms with Crippen LogP contribution in [0.5, 0.6) is 11.5 Å². The van der Waals surface area contributed by atoms with Crippen LogP contribution in [-0.4, -0.2) is 24.0 Å². The normalized spacial score (nSPS) is 14.2. The van der Waals surface area contributed by atoms with Gasteiger partial charge in [-0.2, -0.15) is 0 Å². The largest absolute Gasteiger partial charge is 0.490 e. The Kier molecular flexibility index (Phi) is 3.84. The maximum Gasteiger partial charge on any atom is 0.296 e. The number of carbonyl (C=O) groups excluding carboxylic acids is 1. The van der Waals surface area contributed by atoms with E-state index in [1.807, 2.05) is 0 Å². The lowest BCUT2D eigenvalue weighted by Gasteiger charge is -2.17. The summed E-state index contributed by atoms with van der Waals surface area (Å²) in [6, 6.07) is 2.71. The lowest BCUT2D eigenvalue weighted by molar-refractivity contribution is -0.384. The number of hydrogen-bond donors (Lipinski definition) is 1. The van der Waals surface area contributed by atoms with Crippen LogP contribution in [0.25, 0.3) is 0 Å². The first-order valence-corrected chi connectivity index (χ1v) is 5.93. The molecule has 0 aromatic heterocycles. The van der Waals surface area contributed by atoms with Crippen molar-refractivity contribution in [3.8, 4) is 11.5 Å². The van der Waals surface area contributed by atoms with Crippen LogP contribution in [0.3, 0.4) is 0 Å². The molecular formula is C12H14N2O5. The highest BCUT2D eigenvalue weighted by molar-refractivity contribution is 5.92. The van der Waals surface area contributed by atoms with Crippen molar-refractivity contribution in [3.63, 3.8) is 0 Å². The van der Waals surface area contributed by atoms with Crippen LogP contribution >= 0.6 is 0 Å². The molecule has 0 radical (unpaired) electrons. The Morgan fingerprint density at radius 1 is 1.26 bits per heavy atom. The Balaban J connectivity index is 2.44. The Bertz CT molecular complexity index is 515. The zero-order valence-corrected chi connectivity index (χ0v) is 10.5. The molecule has 1 aliphatic heterocycles. The summed E-state index contributed by atoms with van der Waals surface area (Å²) in [5.74, 6) is 0.365. The van der Waals surface area contributed by atoms with E-state index in [0.717, 1.165) is 12.8 Å². The Morgan fingerprint density at radius 3 is 2.37 bits per heavy atom. The summed E-state index contributed by atoms with van der Waals surface area (Å²) in [5, 5.41) is 13.4. The van der Waals surface area contributed by atoms with Gasteiger partial charge in [0.2, 0.25) is 5.91 Å². The number of fused-ring (bicyclic) bond motifs is 1. The number of amides is 1. The van der Waals surface area contributed by atoms with E-state index in [2.05, 4.69) is 5.32 Å². The second-order valence-corrected chi connectivity index (χ2v) is 4.16. The number of nitro benzene ring substituents is 1. The molecule has 1 aromatic rings. The number of benzene rings is 1. The summed E-state index contributed by atoms with van der Waals surface area (Å²) in [4.78, 5) is 21.5. The van der Waals surface area contributed by atoms with Crippen molar-refractivity contribution in [2.75, 3.05) is 18.5 Å². The van der Waals surface area contributed by atoms with Crippen molar-refractivity contribution in [2.45, 2.75) is 19.8 Å². The second kappa shape index (κ2) is 5.55. The Labute approximate surface area is 109 Å². The molecule has 19 heavy (non-hydrogen) atoms. The third-order valence-electron chi connectivity index (χ3n) is 2.62. The van der Waals surface area contributed by atoms with Gasteiger partial charge in [0.25, 0.3) is 5.69 Å². The third-order valence-corrected chi connectivity index (χ3v) is 2.62. The fourth-order valence-electron chi connectivity index (χ4n) is 1.78. The predicted octanol–water partition coefficient (Wildman–Crippen LogP) is 2.10. The van der Waals surface area contributed by atoms with Gasteiger partial charge in [0.05, 0.1) is 24.2 Å². The van der Waals surface area contributed by atoms with E-state index in [9.17, 15) is 14.9 Å². The van der Waals surface area contributed by atoms with Crippen molar-refractivity contribution >= 4 is 17.3 Å². The minimum Gasteiger partial charge on any atom is -0.490 e. The van der Waals surface area contributed by atoms with E-state index in [0.29, 0.717) is 24.7 Å². The van der Waals surface area contributed by atoms with Crippen LogP contribution in [-0.2, 0) is 4.79 Å². The quantitative estimate of drug-likeness (QED) is 0.653. The highest BCUT2D eigenvalue weighted by Gasteiger charge is 2.21. The molecule has 2 rings (SSSR count). The van der Waals surface area contributed by atoms with E-state index in [4.69, 9.17) is 9.47 Å². The summed E-state index contributed by atoms with van der Waals surface area (Å²) in [6.07, 6.45) is 1.69. The molecule has 7 nitrogen and oxygen atoms in total. The highest BCUT2D eigenvalue weighted by atomic mass is 16.6. The summed E-state index contributed by atoms with van der Waals surface area (Å²) in [6.45, 7) is 2.30. The molecule has 0 unspecified atom stereocenters. The molecule has 1 N–H and O–H groups in total. The van der Waals surface area contributed by atoms with Crippen molar-refractivity contribution in [2.24, 2.45) is 0 Å². The molecule has 0 saturated carbocycles. The third kappa shape index (κ3) is 3.12. The van der Waals surface area contributed by atoms with Crippen LogP contribution in [0.2, 0.25) is 0 Å². The first-order valence-electron chi connectivity index (χ1n) is 5.93. The van der Waals surface area contributed by atoms with Gasteiger partial charge in [-0.1, -0.05) is 0 Å². The van der Waals surface area contributed by atoms with E-state index >= 15 is 0 Å². The van der Waals surface area contributed by atoms with E-state index in [1.54, 1.807) is 0 Å². The molecule has 0 atom stereocenters. The van der Waals surface area contributed by atoms with Gasteiger partial charge in [-0.25, -0.2) is 0 Å². The van der Waals surface area contributed by atoms with Crippen molar-refractivity contribution in [3.05, 3.63) is 22.2 Å². The molecule has 1 amide bonds. The number of anilines is 1. The highest BCUT2D eigenvalue weighted by Crippen LogP contribution is 2.38. The zero-order valence-electron chi connectivity index (χ0n) is 10.5. The molecule has 0 aliphatic carbocycles. The molecule has 0 spiro atoms. The summed E-state index contributed by atoms with van der Waals surface area (Å²) in [7, 11) is 0. The number of hydrogen-bond acceptors (Lipinski definition) is 5. The van der Waals surface area contributed by atoms with E-state index < -0.39 is 4.92 Å². The van der Waals surface area contributed by atoms with E-state index in [1.165, 1.54) is 19.1 Å². The molecule has 7 heteroatoms. The van der Waals surface area contributed by atoms with Gasteiger partial charge < -0.3 is 14.8 Å². The topological polar surface area (TPSA) is 90.7 Å². The van der Waals surface area contributed by atoms with Crippen LogP contribution in [0.15, 0.2) is 12.1 Å². The summed E-state index contributed by atoms with van der Waals surface area (Å²) < 4.78 is 10.9. The second-order valence-electron chi connectivity index (χ2n) is 4.16. The number of carbonyl (C=O) groups is 1. The SMILES string of the molecule is CC(=O)Nc1cc2c(cc1[N+](=O)[O-])OCCCCO2. The predicted molar refractivity (Wildman–Crippen MR) is 67.6 cm³/mol. The number of rotatable bonds is 2. The number of nitrogens with one attached hydrogen (secondary N) is 1. The van der Waals surface area contributed by atoms with Crippen LogP contribution in [0, 0.1) is 10.1 Å². The first-order chi connectivity index (χ1) is 9.08. The van der Waals surface area contributed by atoms with Gasteiger partial charge in [0, 0.05) is 13.0 Å². The van der Waals surface area contributed by atoms with Gasteiger partial charge in [-0.3, -0.25) is 14.9 Å². The average Bonchev–Trinajstić information content (AvgIpc) is 2.29. The standard InChI is InChI=1S/C12H14N2O5/c1-8(15)13-9-6-11-12(7-10(9)14(16)17)19-5-3-2-4-18-11/h6-7H,2-5H2,1H3,(H,13,15). The summed E-state index contributed by atoms with van der Waals surface area (Å²) in [5.41, 5.74) is -0.0986. The molecule has 0 bridgehead atoms. The molecular weight excluding hydrogens is 252 g/mol. The number of ether oxygens (including phenoxy) is 2. The van der Waals surface area contributed by atoms with Gasteiger partial charge in [0.15, 0.2) is 11.5 Å². The Hall–Kier alpha value is -2.31. The smallest absolute Gasteiger partial charge is 0.296 e. The molecule has 1 aliphatic rings. The fourth-order valence-corrected chi connectivity index (χ4v) is 1.78.